The first-order valence-electron chi connectivity index (χ1n) is 7.58. The van der Waals surface area contributed by atoms with Gasteiger partial charge in [0.05, 0.1) is 10.6 Å². The molecule has 0 radical (unpaired) electrons. The van der Waals surface area contributed by atoms with Gasteiger partial charge >= 0.3 is 0 Å². The quantitative estimate of drug-likeness (QED) is 0.573. The predicted molar refractivity (Wildman–Crippen MR) is 92.9 cm³/mol. The Balaban J connectivity index is 2.32. The normalized spacial score (nSPS) is 11.0. The van der Waals surface area contributed by atoms with Crippen LogP contribution in [0.5, 0.6) is 0 Å². The predicted octanol–water partition coefficient (Wildman–Crippen LogP) is 2.81. The second kappa shape index (κ2) is 6.52. The molecule has 124 valence electrons. The van der Waals surface area contributed by atoms with Crippen molar-refractivity contribution < 1.29 is 9.72 Å². The van der Waals surface area contributed by atoms with Crippen LogP contribution in [-0.4, -0.2) is 15.8 Å². The van der Waals surface area contributed by atoms with Crippen molar-refractivity contribution >= 4 is 11.6 Å². The van der Waals surface area contributed by atoms with Crippen LogP contribution in [0.4, 0.5) is 5.69 Å². The van der Waals surface area contributed by atoms with Gasteiger partial charge in [0.2, 0.25) is 5.91 Å². The van der Waals surface area contributed by atoms with E-state index in [4.69, 9.17) is 5.73 Å². The zero-order valence-electron chi connectivity index (χ0n) is 13.2. The lowest BCUT2D eigenvalue weighted by atomic mass is 9.71. The molecule has 2 aromatic carbocycles. The molecule has 0 aliphatic carbocycles. The van der Waals surface area contributed by atoms with E-state index in [0.717, 1.165) is 6.20 Å². The van der Waals surface area contributed by atoms with E-state index in [1.807, 2.05) is 12.1 Å². The molecule has 0 bridgehead atoms. The standard InChI is InChI=1S/C19H15N3O3/c20-18(23)19(14-7-3-1-4-8-14,15-9-5-2-6-10-15)17-12-11-16(13-21-17)22(24)25/h1-13H,(H2,20,23). The summed E-state index contributed by atoms with van der Waals surface area (Å²) >= 11 is 0. The van der Waals surface area contributed by atoms with Crippen molar-refractivity contribution in [2.45, 2.75) is 5.41 Å². The molecule has 0 unspecified atom stereocenters. The summed E-state index contributed by atoms with van der Waals surface area (Å²) in [5.41, 5.74) is 6.00. The van der Waals surface area contributed by atoms with Crippen LogP contribution in [0.1, 0.15) is 16.8 Å². The molecule has 1 heterocycles. The van der Waals surface area contributed by atoms with Crippen molar-refractivity contribution in [1.29, 1.82) is 0 Å². The first kappa shape index (κ1) is 16.3. The highest BCUT2D eigenvalue weighted by atomic mass is 16.6. The fraction of sp³-hybridized carbons (Fsp3) is 0.0526. The fourth-order valence-electron chi connectivity index (χ4n) is 2.97. The van der Waals surface area contributed by atoms with Crippen LogP contribution >= 0.6 is 0 Å². The summed E-state index contributed by atoms with van der Waals surface area (Å²) in [6.45, 7) is 0. The molecular formula is C19H15N3O3. The van der Waals surface area contributed by atoms with Gasteiger partial charge in [0.15, 0.2) is 0 Å². The molecule has 0 aliphatic heterocycles. The van der Waals surface area contributed by atoms with E-state index in [1.54, 1.807) is 48.5 Å². The van der Waals surface area contributed by atoms with E-state index in [1.165, 1.54) is 12.1 Å². The molecule has 0 saturated carbocycles. The molecule has 25 heavy (non-hydrogen) atoms. The number of nitrogens with two attached hydrogens (primary N) is 1. The third-order valence-electron chi connectivity index (χ3n) is 4.13. The minimum Gasteiger partial charge on any atom is -0.368 e. The second-order valence-electron chi connectivity index (χ2n) is 5.51. The minimum atomic E-state index is -1.34. The Labute approximate surface area is 144 Å². The Bertz CT molecular complexity index is 855. The van der Waals surface area contributed by atoms with Crippen LogP contribution in [0.15, 0.2) is 79.0 Å². The average Bonchev–Trinajstić information content (AvgIpc) is 2.64. The summed E-state index contributed by atoms with van der Waals surface area (Å²) < 4.78 is 0. The molecule has 0 atom stereocenters. The van der Waals surface area contributed by atoms with Crippen molar-refractivity contribution in [3.05, 3.63) is 106 Å². The molecule has 2 N–H and O–H groups in total. The molecule has 0 spiro atoms. The van der Waals surface area contributed by atoms with E-state index < -0.39 is 16.2 Å². The maximum absolute atomic E-state index is 12.7. The summed E-state index contributed by atoms with van der Waals surface area (Å²) in [6.07, 6.45) is 1.14. The fourth-order valence-corrected chi connectivity index (χ4v) is 2.97. The second-order valence-corrected chi connectivity index (χ2v) is 5.51. The molecule has 0 fully saturated rings. The van der Waals surface area contributed by atoms with E-state index in [2.05, 4.69) is 4.98 Å². The van der Waals surface area contributed by atoms with Crippen LogP contribution in [0.25, 0.3) is 0 Å². The third-order valence-corrected chi connectivity index (χ3v) is 4.13. The van der Waals surface area contributed by atoms with E-state index in [-0.39, 0.29) is 5.69 Å². The lowest BCUT2D eigenvalue weighted by Gasteiger charge is -2.31. The van der Waals surface area contributed by atoms with Gasteiger partial charge in [0.25, 0.3) is 5.69 Å². The summed E-state index contributed by atoms with van der Waals surface area (Å²) in [4.78, 5) is 27.3. The van der Waals surface area contributed by atoms with Gasteiger partial charge in [-0.05, 0) is 17.2 Å². The Morgan fingerprint density at radius 1 is 0.920 bits per heavy atom. The largest absolute Gasteiger partial charge is 0.368 e. The number of primary amides is 1. The number of carbonyl (C=O) groups excluding carboxylic acids is 1. The zero-order chi connectivity index (χ0) is 17.9. The van der Waals surface area contributed by atoms with Crippen LogP contribution in [0.2, 0.25) is 0 Å². The van der Waals surface area contributed by atoms with Crippen LogP contribution < -0.4 is 5.73 Å². The van der Waals surface area contributed by atoms with E-state index >= 15 is 0 Å². The first-order chi connectivity index (χ1) is 12.1. The van der Waals surface area contributed by atoms with Gasteiger partial charge < -0.3 is 5.73 Å². The average molecular weight is 333 g/mol. The van der Waals surface area contributed by atoms with Crippen molar-refractivity contribution in [1.82, 2.24) is 4.98 Å². The van der Waals surface area contributed by atoms with Crippen LogP contribution in [-0.2, 0) is 10.2 Å². The summed E-state index contributed by atoms with van der Waals surface area (Å²) in [7, 11) is 0. The van der Waals surface area contributed by atoms with Gasteiger partial charge in [-0.1, -0.05) is 60.7 Å². The summed E-state index contributed by atoms with van der Waals surface area (Å²) in [5, 5.41) is 10.9. The molecule has 3 rings (SSSR count). The molecule has 0 saturated heterocycles. The molecule has 3 aromatic rings. The van der Waals surface area contributed by atoms with Crippen LogP contribution in [0, 0.1) is 10.1 Å². The lowest BCUT2D eigenvalue weighted by molar-refractivity contribution is -0.385. The van der Waals surface area contributed by atoms with Gasteiger partial charge in [-0.25, -0.2) is 0 Å². The zero-order valence-corrected chi connectivity index (χ0v) is 13.2. The molecule has 6 nitrogen and oxygen atoms in total. The maximum atomic E-state index is 12.7. The van der Waals surface area contributed by atoms with Gasteiger partial charge in [-0.15, -0.1) is 0 Å². The number of pyridine rings is 1. The van der Waals surface area contributed by atoms with Crippen molar-refractivity contribution in [2.24, 2.45) is 5.73 Å². The number of hydrogen-bond acceptors (Lipinski definition) is 4. The topological polar surface area (TPSA) is 99.1 Å². The Hall–Kier alpha value is -3.54. The first-order valence-corrected chi connectivity index (χ1v) is 7.58. The molecule has 0 aliphatic rings. The number of aromatic nitrogens is 1. The number of hydrogen-bond donors (Lipinski definition) is 1. The summed E-state index contributed by atoms with van der Waals surface area (Å²) in [6, 6.07) is 20.9. The number of carbonyl (C=O) groups is 1. The molecule has 1 amide bonds. The number of rotatable bonds is 5. The number of amides is 1. The number of nitro groups is 1. The highest BCUT2D eigenvalue weighted by Crippen LogP contribution is 2.38. The highest BCUT2D eigenvalue weighted by molar-refractivity contribution is 5.94. The maximum Gasteiger partial charge on any atom is 0.287 e. The number of nitrogens with zero attached hydrogens (tertiary/aromatic N) is 2. The van der Waals surface area contributed by atoms with Crippen LogP contribution in [0.3, 0.4) is 0 Å². The Kier molecular flexibility index (Phi) is 4.26. The van der Waals surface area contributed by atoms with Gasteiger partial charge in [0.1, 0.15) is 11.6 Å². The number of benzene rings is 2. The lowest BCUT2D eigenvalue weighted by Crippen LogP contribution is -2.44. The SMILES string of the molecule is NC(=O)C(c1ccccc1)(c1ccccc1)c1ccc([N+](=O)[O-])cn1. The van der Waals surface area contributed by atoms with E-state index in [0.29, 0.717) is 16.8 Å². The van der Waals surface area contributed by atoms with Crippen molar-refractivity contribution in [3.63, 3.8) is 0 Å². The highest BCUT2D eigenvalue weighted by Gasteiger charge is 2.43. The molecule has 6 heteroatoms. The Morgan fingerprint density at radius 3 is 1.80 bits per heavy atom. The summed E-state index contributed by atoms with van der Waals surface area (Å²) in [5.74, 6) is -0.605. The van der Waals surface area contributed by atoms with Gasteiger partial charge in [-0.2, -0.15) is 0 Å². The minimum absolute atomic E-state index is 0.150. The molecular weight excluding hydrogens is 318 g/mol. The van der Waals surface area contributed by atoms with Gasteiger partial charge in [-0.3, -0.25) is 19.9 Å². The Morgan fingerprint density at radius 2 is 1.44 bits per heavy atom. The molecule has 1 aromatic heterocycles. The smallest absolute Gasteiger partial charge is 0.287 e. The van der Waals surface area contributed by atoms with Gasteiger partial charge in [0, 0.05) is 6.07 Å². The van der Waals surface area contributed by atoms with E-state index in [9.17, 15) is 14.9 Å². The van der Waals surface area contributed by atoms with Crippen molar-refractivity contribution in [2.75, 3.05) is 0 Å². The van der Waals surface area contributed by atoms with Crippen molar-refractivity contribution in [3.8, 4) is 0 Å². The monoisotopic (exact) mass is 333 g/mol. The third kappa shape index (κ3) is 2.74.